The molecule has 1 amide bonds. The minimum Gasteiger partial charge on any atom is -0.307 e. The normalized spacial score (nSPS) is 44.9. The summed E-state index contributed by atoms with van der Waals surface area (Å²) in [4.78, 5) is 16.0. The smallest absolute Gasteiger partial charge is 0.249 e. The molecule has 2 saturated carbocycles. The highest BCUT2D eigenvalue weighted by molar-refractivity contribution is 6.11. The Morgan fingerprint density at radius 2 is 2.37 bits per heavy atom. The fourth-order valence-corrected chi connectivity index (χ4v) is 5.22. The predicted octanol–water partition coefficient (Wildman–Crippen LogP) is 2.47. The first kappa shape index (κ1) is 11.8. The molecule has 1 N–H and O–H groups in total. The standard InChI is InChI=1S/C16H22N2O/c1-10-7-11-8-14-13(4-5-15(19)18-14)16(9-10)12(11)3-2-6-17-16/h4,10-12,17H,2-3,5-9H2,1H3. The van der Waals surface area contributed by atoms with E-state index in [4.69, 9.17) is 0 Å². The van der Waals surface area contributed by atoms with Crippen LogP contribution in [0.2, 0.25) is 0 Å². The topological polar surface area (TPSA) is 41.5 Å². The molecule has 0 aromatic heterocycles. The van der Waals surface area contributed by atoms with Crippen LogP contribution >= 0.6 is 0 Å². The van der Waals surface area contributed by atoms with Crippen molar-refractivity contribution >= 4 is 11.6 Å². The lowest BCUT2D eigenvalue weighted by molar-refractivity contribution is -0.117. The monoisotopic (exact) mass is 258 g/mol. The highest BCUT2D eigenvalue weighted by Gasteiger charge is 2.55. The van der Waals surface area contributed by atoms with Gasteiger partial charge < -0.3 is 5.32 Å². The third kappa shape index (κ3) is 1.60. The number of carbonyl (C=O) groups is 1. The lowest BCUT2D eigenvalue weighted by Gasteiger charge is -2.58. The zero-order chi connectivity index (χ0) is 13.0. The zero-order valence-corrected chi connectivity index (χ0v) is 11.6. The second-order valence-corrected chi connectivity index (χ2v) is 6.93. The molecule has 0 spiro atoms. The summed E-state index contributed by atoms with van der Waals surface area (Å²) in [6.45, 7) is 3.51. The van der Waals surface area contributed by atoms with Gasteiger partial charge in [-0.25, -0.2) is 4.99 Å². The lowest BCUT2D eigenvalue weighted by Crippen LogP contribution is -2.65. The number of carbonyl (C=O) groups excluding carboxylic acids is 1. The molecular weight excluding hydrogens is 236 g/mol. The van der Waals surface area contributed by atoms with Crippen molar-refractivity contribution in [3.8, 4) is 0 Å². The number of amides is 1. The van der Waals surface area contributed by atoms with E-state index in [0.29, 0.717) is 6.42 Å². The Bertz CT molecular complexity index is 493. The van der Waals surface area contributed by atoms with E-state index in [1.54, 1.807) is 0 Å². The zero-order valence-electron chi connectivity index (χ0n) is 11.6. The van der Waals surface area contributed by atoms with E-state index in [-0.39, 0.29) is 11.4 Å². The first-order valence-corrected chi connectivity index (χ1v) is 7.75. The van der Waals surface area contributed by atoms with E-state index in [1.165, 1.54) is 31.3 Å². The summed E-state index contributed by atoms with van der Waals surface area (Å²) in [6.07, 6.45) is 8.93. The van der Waals surface area contributed by atoms with Crippen LogP contribution in [-0.4, -0.2) is 23.7 Å². The highest BCUT2D eigenvalue weighted by atomic mass is 16.1. The first-order chi connectivity index (χ1) is 9.19. The largest absolute Gasteiger partial charge is 0.307 e. The van der Waals surface area contributed by atoms with Crippen molar-refractivity contribution < 1.29 is 4.79 Å². The Labute approximate surface area is 114 Å². The van der Waals surface area contributed by atoms with Gasteiger partial charge in [-0.1, -0.05) is 13.0 Å². The number of piperidine rings is 1. The number of nitrogens with zero attached hydrogens (tertiary/aromatic N) is 1. The minimum absolute atomic E-state index is 0.0514. The molecule has 4 unspecified atom stereocenters. The summed E-state index contributed by atoms with van der Waals surface area (Å²) in [7, 11) is 0. The lowest BCUT2D eigenvalue weighted by atomic mass is 9.52. The molecule has 0 radical (unpaired) electrons. The van der Waals surface area contributed by atoms with Gasteiger partial charge in [0.25, 0.3) is 0 Å². The number of aliphatic imine (C=N–C) groups is 1. The fourth-order valence-electron chi connectivity index (χ4n) is 5.22. The molecule has 102 valence electrons. The third-order valence-electron chi connectivity index (χ3n) is 5.70. The van der Waals surface area contributed by atoms with E-state index in [1.807, 2.05) is 0 Å². The Morgan fingerprint density at radius 1 is 1.47 bits per heavy atom. The van der Waals surface area contributed by atoms with Gasteiger partial charge >= 0.3 is 0 Å². The van der Waals surface area contributed by atoms with Crippen LogP contribution in [0.25, 0.3) is 0 Å². The van der Waals surface area contributed by atoms with Crippen LogP contribution in [0.3, 0.4) is 0 Å². The van der Waals surface area contributed by atoms with Gasteiger partial charge in [-0.15, -0.1) is 0 Å². The summed E-state index contributed by atoms with van der Waals surface area (Å²) < 4.78 is 0. The van der Waals surface area contributed by atoms with Crippen LogP contribution in [0.15, 0.2) is 16.6 Å². The second-order valence-electron chi connectivity index (χ2n) is 6.93. The van der Waals surface area contributed by atoms with Crippen molar-refractivity contribution in [3.63, 3.8) is 0 Å². The number of hydrogen-bond donors (Lipinski definition) is 1. The van der Waals surface area contributed by atoms with Crippen molar-refractivity contribution in [3.05, 3.63) is 11.6 Å². The van der Waals surface area contributed by atoms with E-state index >= 15 is 0 Å². The molecule has 2 heterocycles. The van der Waals surface area contributed by atoms with Gasteiger partial charge in [0, 0.05) is 17.7 Å². The molecule has 3 heteroatoms. The molecule has 1 saturated heterocycles. The second kappa shape index (κ2) is 4.02. The van der Waals surface area contributed by atoms with Crippen LogP contribution in [0, 0.1) is 17.8 Å². The van der Waals surface area contributed by atoms with Crippen LogP contribution in [0.4, 0.5) is 0 Å². The quantitative estimate of drug-likeness (QED) is 0.725. The summed E-state index contributed by atoms with van der Waals surface area (Å²) in [5, 5.41) is 3.85. The molecule has 3 nitrogen and oxygen atoms in total. The van der Waals surface area contributed by atoms with Gasteiger partial charge in [0.2, 0.25) is 5.91 Å². The Kier molecular flexibility index (Phi) is 2.50. The number of fused-ring (bicyclic) bond motifs is 1. The molecule has 4 aliphatic rings. The van der Waals surface area contributed by atoms with Crippen molar-refractivity contribution in [1.82, 2.24) is 5.32 Å². The number of dihydropyridines is 1. The molecule has 4 rings (SSSR count). The van der Waals surface area contributed by atoms with Crippen LogP contribution in [-0.2, 0) is 4.79 Å². The molecular formula is C16H22N2O. The maximum atomic E-state index is 11.6. The summed E-state index contributed by atoms with van der Waals surface area (Å²) >= 11 is 0. The van der Waals surface area contributed by atoms with Crippen LogP contribution in [0.5, 0.6) is 0 Å². The summed E-state index contributed by atoms with van der Waals surface area (Å²) in [6, 6.07) is 0. The fraction of sp³-hybridized carbons (Fsp3) is 0.750. The molecule has 4 atom stereocenters. The van der Waals surface area contributed by atoms with E-state index in [9.17, 15) is 4.79 Å². The summed E-state index contributed by atoms with van der Waals surface area (Å²) in [5.74, 6) is 2.34. The van der Waals surface area contributed by atoms with Crippen LogP contribution < -0.4 is 5.32 Å². The number of hydrogen-bond acceptors (Lipinski definition) is 2. The van der Waals surface area contributed by atoms with Gasteiger partial charge in [0.1, 0.15) is 0 Å². The summed E-state index contributed by atoms with van der Waals surface area (Å²) in [5.41, 5.74) is 2.65. The van der Waals surface area contributed by atoms with Crippen molar-refractivity contribution in [2.75, 3.05) is 6.54 Å². The van der Waals surface area contributed by atoms with Crippen molar-refractivity contribution in [1.29, 1.82) is 0 Å². The average molecular weight is 258 g/mol. The third-order valence-corrected chi connectivity index (χ3v) is 5.70. The van der Waals surface area contributed by atoms with Gasteiger partial charge in [-0.3, -0.25) is 4.79 Å². The number of rotatable bonds is 0. The molecule has 2 aliphatic carbocycles. The van der Waals surface area contributed by atoms with Gasteiger partial charge in [-0.2, -0.15) is 0 Å². The van der Waals surface area contributed by atoms with E-state index in [2.05, 4.69) is 23.3 Å². The predicted molar refractivity (Wildman–Crippen MR) is 75.1 cm³/mol. The molecule has 0 aromatic carbocycles. The van der Waals surface area contributed by atoms with Gasteiger partial charge in [-0.05, 0) is 62.0 Å². The molecule has 2 aliphatic heterocycles. The number of nitrogens with one attached hydrogen (secondary N) is 1. The Balaban J connectivity index is 1.83. The van der Waals surface area contributed by atoms with Gasteiger partial charge in [0.05, 0.1) is 0 Å². The minimum atomic E-state index is 0.0514. The molecule has 0 aromatic rings. The Hall–Kier alpha value is -0.960. The molecule has 19 heavy (non-hydrogen) atoms. The maximum Gasteiger partial charge on any atom is 0.249 e. The van der Waals surface area contributed by atoms with Gasteiger partial charge in [0.15, 0.2) is 0 Å². The SMILES string of the molecule is CC1CC2CC3=NC(=O)CC=C3C3(C1)NCCCC23. The first-order valence-electron chi connectivity index (χ1n) is 7.75. The van der Waals surface area contributed by atoms with E-state index in [0.717, 1.165) is 36.4 Å². The average Bonchev–Trinajstić information content (AvgIpc) is 2.37. The maximum absolute atomic E-state index is 11.6. The van der Waals surface area contributed by atoms with Crippen molar-refractivity contribution in [2.45, 2.75) is 51.0 Å². The van der Waals surface area contributed by atoms with Crippen LogP contribution in [0.1, 0.15) is 45.4 Å². The molecule has 3 fully saturated rings. The van der Waals surface area contributed by atoms with E-state index < -0.39 is 0 Å². The molecule has 2 bridgehead atoms. The Morgan fingerprint density at radius 3 is 3.26 bits per heavy atom. The highest BCUT2D eigenvalue weighted by Crippen LogP contribution is 2.54. The van der Waals surface area contributed by atoms with Crippen molar-refractivity contribution in [2.24, 2.45) is 22.7 Å².